The lowest BCUT2D eigenvalue weighted by atomic mass is 9.98. The number of alkyl halides is 3. The van der Waals surface area contributed by atoms with Gasteiger partial charge in [-0.3, -0.25) is 10.2 Å². The Balaban J connectivity index is 1.30. The van der Waals surface area contributed by atoms with Gasteiger partial charge in [-0.05, 0) is 40.3 Å². The van der Waals surface area contributed by atoms with Gasteiger partial charge in [0.25, 0.3) is 3.79 Å². The number of ketones is 1. The van der Waals surface area contributed by atoms with Crippen molar-refractivity contribution >= 4 is 58.6 Å². The highest BCUT2D eigenvalue weighted by atomic mass is 35.6. The number of carbonyl (C=O) groups excluding carboxylic acids is 3. The molecule has 0 aromatic heterocycles. The predicted octanol–water partition coefficient (Wildman–Crippen LogP) is 8.49. The van der Waals surface area contributed by atoms with Crippen LogP contribution in [0.3, 0.4) is 0 Å². The Morgan fingerprint density at radius 3 is 1.84 bits per heavy atom. The number of fused-ring (bicyclic) bond motifs is 3. The van der Waals surface area contributed by atoms with E-state index in [4.69, 9.17) is 73.4 Å². The topological polar surface area (TPSA) is 140 Å². The molecule has 0 radical (unpaired) electrons. The van der Waals surface area contributed by atoms with E-state index in [2.05, 4.69) is 0 Å². The Morgan fingerprint density at radius 2 is 1.25 bits per heavy atom. The van der Waals surface area contributed by atoms with E-state index >= 15 is 0 Å². The van der Waals surface area contributed by atoms with Gasteiger partial charge in [0.1, 0.15) is 24.6 Å². The van der Waals surface area contributed by atoms with Gasteiger partial charge in [-0.1, -0.05) is 144 Å². The van der Waals surface area contributed by atoms with Crippen molar-refractivity contribution in [2.24, 2.45) is 0 Å². The lowest BCUT2D eigenvalue weighted by Gasteiger charge is -2.44. The summed E-state index contributed by atoms with van der Waals surface area (Å²) in [5.41, 5.74) is 5.72. The van der Waals surface area contributed by atoms with Crippen molar-refractivity contribution in [3.05, 3.63) is 131 Å². The molecule has 1 fully saturated rings. The van der Waals surface area contributed by atoms with Crippen molar-refractivity contribution in [3.63, 3.8) is 0 Å². The molecule has 0 saturated carbocycles. The number of rotatable bonds is 15. The number of nitrogens with one attached hydrogen (secondary N) is 1. The molecule has 56 heavy (non-hydrogen) atoms. The van der Waals surface area contributed by atoms with Gasteiger partial charge >= 0.3 is 12.1 Å². The van der Waals surface area contributed by atoms with Crippen LogP contribution in [0.1, 0.15) is 47.9 Å². The molecule has 11 nitrogen and oxygen atoms in total. The number of carbonyl (C=O) groups is 3. The van der Waals surface area contributed by atoms with Crippen molar-refractivity contribution in [2.45, 2.75) is 73.4 Å². The summed E-state index contributed by atoms with van der Waals surface area (Å²) in [7, 11) is 0. The van der Waals surface area contributed by atoms with Crippen LogP contribution in [0.15, 0.2) is 109 Å². The van der Waals surface area contributed by atoms with Gasteiger partial charge in [-0.15, -0.1) is 0 Å². The number of esters is 1. The SMILES string of the molecule is CC(=O)CCC(=O)O[C@H]1[C@H](OC(=N)C(Cl)(Cl)Cl)O[C@H](COCc2ccccc2)[C@@H](OC(=O)OCC2c3ccccc3-c3ccccc32)[C@@H]1OCc1ccccc1. The molecule has 5 atom stereocenters. The highest BCUT2D eigenvalue weighted by molar-refractivity contribution is 6.76. The fraction of sp³-hybridized carbons (Fsp3) is 0.333. The van der Waals surface area contributed by atoms with E-state index < -0.39 is 52.5 Å². The molecular formula is C42H40Cl3NO10. The number of halogens is 3. The summed E-state index contributed by atoms with van der Waals surface area (Å²) >= 11 is 18.0. The number of ether oxygens (including phenoxy) is 7. The first-order valence-electron chi connectivity index (χ1n) is 17.9. The van der Waals surface area contributed by atoms with E-state index in [0.717, 1.165) is 33.4 Å². The molecule has 1 aliphatic carbocycles. The zero-order valence-corrected chi connectivity index (χ0v) is 32.6. The summed E-state index contributed by atoms with van der Waals surface area (Å²) in [5.74, 6) is -2.14. The van der Waals surface area contributed by atoms with E-state index in [1.54, 1.807) is 0 Å². The molecular weight excluding hydrogens is 785 g/mol. The quantitative estimate of drug-likeness (QED) is 0.0537. The molecule has 0 bridgehead atoms. The maximum absolute atomic E-state index is 13.8. The van der Waals surface area contributed by atoms with Crippen LogP contribution in [0.4, 0.5) is 4.79 Å². The lowest BCUT2D eigenvalue weighted by Crippen LogP contribution is -2.63. The number of Topliss-reactive ketones (excluding diaryl/α,β-unsaturated/α-hetero) is 1. The third-order valence-electron chi connectivity index (χ3n) is 9.27. The van der Waals surface area contributed by atoms with Crippen LogP contribution in [-0.4, -0.2) is 71.5 Å². The van der Waals surface area contributed by atoms with E-state index in [-0.39, 0.29) is 51.0 Å². The fourth-order valence-electron chi connectivity index (χ4n) is 6.61. The normalized spacial score (nSPS) is 20.3. The Labute approximate surface area is 339 Å². The number of benzene rings is 4. The van der Waals surface area contributed by atoms with Crippen molar-refractivity contribution < 1.29 is 47.5 Å². The van der Waals surface area contributed by atoms with Crippen LogP contribution in [-0.2, 0) is 56.0 Å². The Morgan fingerprint density at radius 1 is 0.679 bits per heavy atom. The minimum atomic E-state index is -2.32. The van der Waals surface area contributed by atoms with Gasteiger partial charge in [-0.25, -0.2) is 4.79 Å². The maximum atomic E-state index is 13.8. The molecule has 2 aliphatic rings. The summed E-state index contributed by atoms with van der Waals surface area (Å²) < 4.78 is 39.9. The van der Waals surface area contributed by atoms with E-state index in [1.807, 2.05) is 109 Å². The highest BCUT2D eigenvalue weighted by Gasteiger charge is 2.53. The highest BCUT2D eigenvalue weighted by Crippen LogP contribution is 2.44. The first kappa shape index (κ1) is 41.2. The van der Waals surface area contributed by atoms with Crippen molar-refractivity contribution in [1.82, 2.24) is 0 Å². The van der Waals surface area contributed by atoms with Gasteiger partial charge in [0.2, 0.25) is 12.2 Å². The molecule has 14 heteroatoms. The van der Waals surface area contributed by atoms with Crippen LogP contribution in [0.5, 0.6) is 0 Å². The minimum Gasteiger partial charge on any atom is -0.453 e. The van der Waals surface area contributed by atoms with E-state index in [9.17, 15) is 14.4 Å². The average molecular weight is 825 g/mol. The van der Waals surface area contributed by atoms with Crippen molar-refractivity contribution in [2.75, 3.05) is 13.2 Å². The predicted molar refractivity (Wildman–Crippen MR) is 209 cm³/mol. The molecule has 294 valence electrons. The largest absolute Gasteiger partial charge is 0.508 e. The molecule has 1 N–H and O–H groups in total. The van der Waals surface area contributed by atoms with Crippen molar-refractivity contribution in [3.8, 4) is 11.1 Å². The second-order valence-electron chi connectivity index (χ2n) is 13.3. The molecule has 6 rings (SSSR count). The summed E-state index contributed by atoms with van der Waals surface area (Å²) in [6.45, 7) is 1.24. The number of hydrogen-bond acceptors (Lipinski definition) is 11. The Hall–Kier alpha value is -4.49. The van der Waals surface area contributed by atoms with E-state index in [0.29, 0.717) is 0 Å². The smallest absolute Gasteiger partial charge is 0.453 e. The van der Waals surface area contributed by atoms with Gasteiger partial charge in [-0.2, -0.15) is 0 Å². The van der Waals surface area contributed by atoms with E-state index in [1.165, 1.54) is 6.92 Å². The standard InChI is InChI=1S/C42H40Cl3NO10/c1-26(47)20-21-35(48)54-38-37(51-23-28-14-6-3-7-15-28)36(34(25-50-22-27-12-4-2-5-13-27)53-39(38)56-40(46)42(43,44)45)55-41(49)52-24-33-31-18-10-8-16-29(31)30-17-9-11-19-32(30)33/h2-19,33-34,36-39,46H,20-25H2,1H3/t34-,36-,37+,38-,39+/m1/s1. The van der Waals surface area contributed by atoms with Crippen LogP contribution < -0.4 is 0 Å². The third kappa shape index (κ3) is 10.7. The summed E-state index contributed by atoms with van der Waals surface area (Å²) in [5, 5.41) is 8.35. The van der Waals surface area contributed by atoms with Crippen molar-refractivity contribution in [1.29, 1.82) is 5.41 Å². The molecule has 0 amide bonds. The first-order chi connectivity index (χ1) is 27.0. The zero-order chi connectivity index (χ0) is 39.7. The summed E-state index contributed by atoms with van der Waals surface area (Å²) in [6.07, 6.45) is -8.37. The zero-order valence-electron chi connectivity index (χ0n) is 30.3. The first-order valence-corrected chi connectivity index (χ1v) is 19.1. The van der Waals surface area contributed by atoms with Gasteiger partial charge in [0.05, 0.1) is 26.2 Å². The van der Waals surface area contributed by atoms with Crippen LogP contribution in [0, 0.1) is 5.41 Å². The average Bonchev–Trinajstić information content (AvgIpc) is 3.51. The summed E-state index contributed by atoms with van der Waals surface area (Å²) in [4.78, 5) is 38.8. The molecule has 4 aromatic carbocycles. The van der Waals surface area contributed by atoms with Crippen LogP contribution in [0.25, 0.3) is 11.1 Å². The molecule has 1 saturated heterocycles. The van der Waals surface area contributed by atoms with Crippen LogP contribution in [0.2, 0.25) is 0 Å². The van der Waals surface area contributed by atoms with Gasteiger partial charge in [0, 0.05) is 12.3 Å². The number of hydrogen-bond donors (Lipinski definition) is 1. The molecule has 1 heterocycles. The second-order valence-corrected chi connectivity index (χ2v) is 15.6. The van der Waals surface area contributed by atoms with Gasteiger partial charge in [0.15, 0.2) is 12.2 Å². The van der Waals surface area contributed by atoms with Gasteiger partial charge < -0.3 is 38.0 Å². The molecule has 4 aromatic rings. The second kappa shape index (κ2) is 19.1. The fourth-order valence-corrected chi connectivity index (χ4v) is 6.74. The Bertz CT molecular complexity index is 1930. The minimum absolute atomic E-state index is 0.0379. The molecule has 0 spiro atoms. The maximum Gasteiger partial charge on any atom is 0.508 e. The third-order valence-corrected chi connectivity index (χ3v) is 9.79. The van der Waals surface area contributed by atoms with Crippen LogP contribution >= 0.6 is 34.8 Å². The Kier molecular flexibility index (Phi) is 14.0. The monoisotopic (exact) mass is 823 g/mol. The summed E-state index contributed by atoms with van der Waals surface area (Å²) in [6, 6.07) is 34.3. The lowest BCUT2D eigenvalue weighted by molar-refractivity contribution is -0.298. The molecule has 1 aliphatic heterocycles. The molecule has 0 unspecified atom stereocenters.